The Morgan fingerprint density at radius 1 is 1.50 bits per heavy atom. The molecule has 0 saturated heterocycles. The van der Waals surface area contributed by atoms with Crippen LogP contribution in [0.2, 0.25) is 0 Å². The lowest BCUT2D eigenvalue weighted by Crippen LogP contribution is -2.15. The molecule has 2 N–H and O–H groups in total. The molecule has 0 heterocycles. The van der Waals surface area contributed by atoms with Crippen LogP contribution in [0.5, 0.6) is 0 Å². The lowest BCUT2D eigenvalue weighted by molar-refractivity contribution is -0.119. The van der Waals surface area contributed by atoms with E-state index in [0.29, 0.717) is 0 Å². The minimum atomic E-state index is -1.72. The van der Waals surface area contributed by atoms with Gasteiger partial charge in [0.2, 0.25) is 0 Å². The fraction of sp³-hybridized carbons (Fsp3) is 0.444. The molecule has 0 unspecified atom stereocenters. The maximum Gasteiger partial charge on any atom is 0.488 e. The Labute approximate surface area is 83.1 Å². The lowest BCUT2D eigenvalue weighted by atomic mass is 9.78. The first-order chi connectivity index (χ1) is 6.40. The molecule has 0 amide bonds. The SMILES string of the molecule is C/C=C(\C=C(\F)[C@@H](C)C(C)=O)B(O)O. The molecule has 0 aliphatic heterocycles. The fourth-order valence-corrected chi connectivity index (χ4v) is 0.785. The van der Waals surface area contributed by atoms with Crippen molar-refractivity contribution < 1.29 is 19.2 Å². The van der Waals surface area contributed by atoms with Gasteiger partial charge in [-0.2, -0.15) is 0 Å². The molecule has 3 nitrogen and oxygen atoms in total. The number of Topliss-reactive ketones (excluding diaryl/α,β-unsaturated/α-hetero) is 1. The van der Waals surface area contributed by atoms with Crippen LogP contribution in [0.15, 0.2) is 23.5 Å². The second kappa shape index (κ2) is 5.72. The van der Waals surface area contributed by atoms with Crippen LogP contribution in [0.3, 0.4) is 0 Å². The van der Waals surface area contributed by atoms with E-state index in [4.69, 9.17) is 10.0 Å². The van der Waals surface area contributed by atoms with Crippen LogP contribution in [0.25, 0.3) is 0 Å². The normalized spacial score (nSPS) is 15.3. The Hall–Kier alpha value is -0.935. The Balaban J connectivity index is 4.74. The number of allylic oxidation sites excluding steroid dienone is 4. The van der Waals surface area contributed by atoms with Gasteiger partial charge >= 0.3 is 7.12 Å². The quantitative estimate of drug-likeness (QED) is 0.526. The number of hydrogen-bond acceptors (Lipinski definition) is 3. The molecule has 1 atom stereocenters. The molecular formula is C9H14BFO3. The second-order valence-corrected chi connectivity index (χ2v) is 3.02. The maximum atomic E-state index is 13.2. The highest BCUT2D eigenvalue weighted by molar-refractivity contribution is 6.51. The highest BCUT2D eigenvalue weighted by Gasteiger charge is 2.17. The summed E-state index contributed by atoms with van der Waals surface area (Å²) < 4.78 is 13.2. The van der Waals surface area contributed by atoms with Crippen molar-refractivity contribution in [1.82, 2.24) is 0 Å². The average Bonchev–Trinajstić information content (AvgIpc) is 2.11. The van der Waals surface area contributed by atoms with Gasteiger partial charge in [-0.15, -0.1) is 0 Å². The second-order valence-electron chi connectivity index (χ2n) is 3.02. The summed E-state index contributed by atoms with van der Waals surface area (Å²) in [5.74, 6) is -1.82. The summed E-state index contributed by atoms with van der Waals surface area (Å²) >= 11 is 0. The fourth-order valence-electron chi connectivity index (χ4n) is 0.785. The molecule has 0 spiro atoms. The minimum absolute atomic E-state index is 0.0376. The van der Waals surface area contributed by atoms with Gasteiger partial charge in [0.25, 0.3) is 0 Å². The predicted octanol–water partition coefficient (Wildman–Crippen LogP) is 1.02. The van der Waals surface area contributed by atoms with Gasteiger partial charge in [0.15, 0.2) is 0 Å². The van der Waals surface area contributed by atoms with E-state index < -0.39 is 18.9 Å². The first-order valence-electron chi connectivity index (χ1n) is 4.30. The first kappa shape index (κ1) is 13.1. The Morgan fingerprint density at radius 3 is 2.29 bits per heavy atom. The molecule has 0 aromatic heterocycles. The molecule has 0 fully saturated rings. The molecule has 5 heteroatoms. The van der Waals surface area contributed by atoms with Crippen molar-refractivity contribution in [3.8, 4) is 0 Å². The van der Waals surface area contributed by atoms with Crippen LogP contribution >= 0.6 is 0 Å². The predicted molar refractivity (Wildman–Crippen MR) is 53.0 cm³/mol. The number of ketones is 1. The molecule has 0 aromatic rings. The summed E-state index contributed by atoms with van der Waals surface area (Å²) in [7, 11) is -1.72. The zero-order chi connectivity index (χ0) is 11.3. The summed E-state index contributed by atoms with van der Waals surface area (Å²) in [4.78, 5) is 10.8. The molecule has 0 rings (SSSR count). The number of rotatable bonds is 4. The highest BCUT2D eigenvalue weighted by Crippen LogP contribution is 2.15. The molecule has 78 valence electrons. The van der Waals surface area contributed by atoms with E-state index >= 15 is 0 Å². The van der Waals surface area contributed by atoms with Gasteiger partial charge in [-0.3, -0.25) is 4.79 Å². The summed E-state index contributed by atoms with van der Waals surface area (Å²) in [5, 5.41) is 17.5. The number of carbonyl (C=O) groups is 1. The van der Waals surface area contributed by atoms with E-state index in [0.717, 1.165) is 6.08 Å². The van der Waals surface area contributed by atoms with E-state index in [-0.39, 0.29) is 11.3 Å². The summed E-state index contributed by atoms with van der Waals surface area (Å²) in [6.07, 6.45) is 2.34. The largest absolute Gasteiger partial charge is 0.488 e. The zero-order valence-electron chi connectivity index (χ0n) is 8.49. The smallest absolute Gasteiger partial charge is 0.423 e. The van der Waals surface area contributed by atoms with Gasteiger partial charge in [0.05, 0.1) is 5.92 Å². The minimum Gasteiger partial charge on any atom is -0.423 e. The first-order valence-corrected chi connectivity index (χ1v) is 4.30. The molecular weight excluding hydrogens is 186 g/mol. The molecule has 0 radical (unpaired) electrons. The van der Waals surface area contributed by atoms with Crippen molar-refractivity contribution >= 4 is 12.9 Å². The van der Waals surface area contributed by atoms with Crippen molar-refractivity contribution in [1.29, 1.82) is 0 Å². The lowest BCUT2D eigenvalue weighted by Gasteiger charge is -2.05. The molecule has 0 bridgehead atoms. The van der Waals surface area contributed by atoms with Crippen molar-refractivity contribution in [2.24, 2.45) is 5.92 Å². The Kier molecular flexibility index (Phi) is 5.34. The van der Waals surface area contributed by atoms with Crippen LogP contribution in [0, 0.1) is 5.92 Å². The van der Waals surface area contributed by atoms with Crippen LogP contribution in [-0.4, -0.2) is 22.9 Å². The topological polar surface area (TPSA) is 57.5 Å². The van der Waals surface area contributed by atoms with E-state index in [1.165, 1.54) is 19.9 Å². The van der Waals surface area contributed by atoms with Crippen LogP contribution < -0.4 is 0 Å². The van der Waals surface area contributed by atoms with Crippen molar-refractivity contribution in [3.05, 3.63) is 23.5 Å². The van der Waals surface area contributed by atoms with Crippen LogP contribution in [-0.2, 0) is 4.79 Å². The monoisotopic (exact) mass is 200 g/mol. The summed E-state index contributed by atoms with van der Waals surface area (Å²) in [6.45, 7) is 4.25. The highest BCUT2D eigenvalue weighted by atomic mass is 19.1. The van der Waals surface area contributed by atoms with E-state index in [1.54, 1.807) is 6.92 Å². The third-order valence-electron chi connectivity index (χ3n) is 1.96. The van der Waals surface area contributed by atoms with Gasteiger partial charge in [0, 0.05) is 0 Å². The molecule has 0 aliphatic rings. The van der Waals surface area contributed by atoms with E-state index in [1.807, 2.05) is 0 Å². The average molecular weight is 200 g/mol. The molecule has 14 heavy (non-hydrogen) atoms. The third kappa shape index (κ3) is 3.85. The van der Waals surface area contributed by atoms with Gasteiger partial charge in [0.1, 0.15) is 11.6 Å². The van der Waals surface area contributed by atoms with Crippen molar-refractivity contribution in [2.45, 2.75) is 20.8 Å². The van der Waals surface area contributed by atoms with E-state index in [9.17, 15) is 9.18 Å². The van der Waals surface area contributed by atoms with Gasteiger partial charge in [-0.25, -0.2) is 4.39 Å². The summed E-state index contributed by atoms with van der Waals surface area (Å²) in [5.41, 5.74) is 0.0376. The number of carbonyl (C=O) groups excluding carboxylic acids is 1. The van der Waals surface area contributed by atoms with Crippen LogP contribution in [0.1, 0.15) is 20.8 Å². The maximum absolute atomic E-state index is 13.2. The number of halogens is 1. The molecule has 0 aliphatic carbocycles. The molecule has 0 saturated carbocycles. The standard InChI is InChI=1S/C9H14BFO3/c1-4-8(10(13)14)5-9(11)6(2)7(3)12/h4-6,13-14H,1-3H3/b8-4+,9-5+/t6-/m0/s1. The zero-order valence-corrected chi connectivity index (χ0v) is 8.49. The number of hydrogen-bond donors (Lipinski definition) is 2. The van der Waals surface area contributed by atoms with Crippen molar-refractivity contribution in [2.75, 3.05) is 0 Å². The Morgan fingerprint density at radius 2 is 2.00 bits per heavy atom. The summed E-state index contributed by atoms with van der Waals surface area (Å²) in [6, 6.07) is 0. The molecule has 0 aromatic carbocycles. The van der Waals surface area contributed by atoms with Gasteiger partial charge in [-0.05, 0) is 32.3 Å². The van der Waals surface area contributed by atoms with Gasteiger partial charge < -0.3 is 10.0 Å². The van der Waals surface area contributed by atoms with Crippen molar-refractivity contribution in [3.63, 3.8) is 0 Å². The third-order valence-corrected chi connectivity index (χ3v) is 1.96. The Bertz CT molecular complexity index is 271. The van der Waals surface area contributed by atoms with E-state index in [2.05, 4.69) is 0 Å². The van der Waals surface area contributed by atoms with Crippen LogP contribution in [0.4, 0.5) is 4.39 Å². The van der Waals surface area contributed by atoms with Gasteiger partial charge in [-0.1, -0.05) is 6.08 Å².